The van der Waals surface area contributed by atoms with Gasteiger partial charge in [0.05, 0.1) is 6.04 Å². The lowest BCUT2D eigenvalue weighted by atomic mass is 9.98. The second-order valence-corrected chi connectivity index (χ2v) is 7.27. The number of nitrogens with zero attached hydrogens (tertiary/aromatic N) is 1. The molecule has 3 heteroatoms. The van der Waals surface area contributed by atoms with Gasteiger partial charge >= 0.3 is 0 Å². The molecule has 2 saturated heterocycles. The highest BCUT2D eigenvalue weighted by atomic mass is 16.5. The first-order chi connectivity index (χ1) is 14.2. The predicted octanol–water partition coefficient (Wildman–Crippen LogP) is 6.11. The van der Waals surface area contributed by atoms with Crippen LogP contribution in [0.2, 0.25) is 0 Å². The molecule has 0 aliphatic carbocycles. The van der Waals surface area contributed by atoms with Crippen LogP contribution in [-0.2, 0) is 16.0 Å². The maximum atomic E-state index is 12.5. The molecule has 0 unspecified atom stereocenters. The first kappa shape index (κ1) is 23.2. The topological polar surface area (TPSA) is 29.5 Å². The SMILES string of the molecule is CC.CC.Cc1ccc([C@H]2OCC(=O)N3[C@H](CCc4ccccc4)CC[C@@H]23)cc1. The zero-order valence-electron chi connectivity index (χ0n) is 18.7. The van der Waals surface area contributed by atoms with Crippen LogP contribution in [0.15, 0.2) is 54.6 Å². The Morgan fingerprint density at radius 3 is 2.24 bits per heavy atom. The summed E-state index contributed by atoms with van der Waals surface area (Å²) in [6.07, 6.45) is 4.18. The highest BCUT2D eigenvalue weighted by Gasteiger charge is 2.44. The van der Waals surface area contributed by atoms with Gasteiger partial charge in [0.15, 0.2) is 0 Å². The van der Waals surface area contributed by atoms with Gasteiger partial charge in [-0.3, -0.25) is 4.79 Å². The number of benzene rings is 2. The van der Waals surface area contributed by atoms with E-state index >= 15 is 0 Å². The third kappa shape index (κ3) is 5.70. The summed E-state index contributed by atoms with van der Waals surface area (Å²) >= 11 is 0. The number of fused-ring (bicyclic) bond motifs is 1. The summed E-state index contributed by atoms with van der Waals surface area (Å²) in [5, 5.41) is 0. The van der Waals surface area contributed by atoms with Crippen molar-refractivity contribution in [2.45, 2.75) is 78.5 Å². The molecule has 2 fully saturated rings. The minimum Gasteiger partial charge on any atom is -0.362 e. The number of amides is 1. The Morgan fingerprint density at radius 1 is 0.931 bits per heavy atom. The molecule has 0 spiro atoms. The van der Waals surface area contributed by atoms with Crippen LogP contribution in [0.4, 0.5) is 0 Å². The van der Waals surface area contributed by atoms with Crippen LogP contribution in [0, 0.1) is 6.92 Å². The summed E-state index contributed by atoms with van der Waals surface area (Å²) in [5.74, 6) is 0.156. The lowest BCUT2D eigenvalue weighted by Gasteiger charge is -2.39. The summed E-state index contributed by atoms with van der Waals surface area (Å²) < 4.78 is 5.95. The van der Waals surface area contributed by atoms with Crippen LogP contribution in [0.1, 0.15) is 69.8 Å². The van der Waals surface area contributed by atoms with E-state index in [1.165, 1.54) is 16.7 Å². The summed E-state index contributed by atoms with van der Waals surface area (Å²) in [5.41, 5.74) is 3.79. The van der Waals surface area contributed by atoms with E-state index in [9.17, 15) is 4.79 Å². The van der Waals surface area contributed by atoms with Crippen LogP contribution in [-0.4, -0.2) is 29.5 Å². The molecule has 158 valence electrons. The van der Waals surface area contributed by atoms with E-state index < -0.39 is 0 Å². The highest BCUT2D eigenvalue weighted by Crippen LogP contribution is 2.39. The van der Waals surface area contributed by atoms with E-state index in [-0.39, 0.29) is 24.7 Å². The molecule has 0 saturated carbocycles. The van der Waals surface area contributed by atoms with E-state index in [0.717, 1.165) is 25.7 Å². The normalized spacial score (nSPS) is 22.7. The fraction of sp³-hybridized carbons (Fsp3) is 0.500. The van der Waals surface area contributed by atoms with Gasteiger partial charge in [-0.25, -0.2) is 0 Å². The molecule has 2 aliphatic rings. The molecule has 0 aromatic heterocycles. The van der Waals surface area contributed by atoms with Crippen LogP contribution in [0.5, 0.6) is 0 Å². The summed E-state index contributed by atoms with van der Waals surface area (Å²) in [7, 11) is 0. The Balaban J connectivity index is 0.000000707. The van der Waals surface area contributed by atoms with Crippen molar-refractivity contribution >= 4 is 5.91 Å². The quantitative estimate of drug-likeness (QED) is 0.625. The molecule has 2 aliphatic heterocycles. The Hall–Kier alpha value is -2.13. The lowest BCUT2D eigenvalue weighted by molar-refractivity contribution is -0.157. The van der Waals surface area contributed by atoms with Crippen LogP contribution >= 0.6 is 0 Å². The van der Waals surface area contributed by atoms with Gasteiger partial charge < -0.3 is 9.64 Å². The fourth-order valence-electron chi connectivity index (χ4n) is 4.28. The van der Waals surface area contributed by atoms with Crippen molar-refractivity contribution in [1.82, 2.24) is 4.90 Å². The third-order valence-electron chi connectivity index (χ3n) is 5.59. The molecular weight excluding hydrogens is 358 g/mol. The number of hydrogen-bond acceptors (Lipinski definition) is 2. The smallest absolute Gasteiger partial charge is 0.249 e. The molecule has 0 radical (unpaired) electrons. The van der Waals surface area contributed by atoms with Gasteiger partial charge in [0.2, 0.25) is 5.91 Å². The maximum absolute atomic E-state index is 12.5. The van der Waals surface area contributed by atoms with Crippen molar-refractivity contribution in [2.24, 2.45) is 0 Å². The monoisotopic (exact) mass is 395 g/mol. The number of carbonyl (C=O) groups is 1. The minimum absolute atomic E-state index is 0.0139. The second-order valence-electron chi connectivity index (χ2n) is 7.27. The first-order valence-electron chi connectivity index (χ1n) is 11.3. The third-order valence-corrected chi connectivity index (χ3v) is 5.59. The molecule has 3 atom stereocenters. The number of rotatable bonds is 4. The second kappa shape index (κ2) is 11.8. The molecule has 0 N–H and O–H groups in total. The number of hydrogen-bond donors (Lipinski definition) is 0. The van der Waals surface area contributed by atoms with Gasteiger partial charge in [-0.05, 0) is 43.7 Å². The van der Waals surface area contributed by atoms with Gasteiger partial charge in [-0.15, -0.1) is 0 Å². The van der Waals surface area contributed by atoms with E-state index in [1.54, 1.807) is 0 Å². The molecule has 3 nitrogen and oxygen atoms in total. The van der Waals surface area contributed by atoms with Crippen molar-refractivity contribution in [3.63, 3.8) is 0 Å². The van der Waals surface area contributed by atoms with Crippen molar-refractivity contribution in [3.8, 4) is 0 Å². The molecule has 0 bridgehead atoms. The molecule has 2 heterocycles. The molecule has 29 heavy (non-hydrogen) atoms. The summed E-state index contributed by atoms with van der Waals surface area (Å²) in [6, 6.07) is 19.6. The average Bonchev–Trinajstić information content (AvgIpc) is 3.22. The Kier molecular flexibility index (Phi) is 9.40. The zero-order chi connectivity index (χ0) is 21.2. The van der Waals surface area contributed by atoms with Gasteiger partial charge in [-0.1, -0.05) is 87.9 Å². The Morgan fingerprint density at radius 2 is 1.59 bits per heavy atom. The van der Waals surface area contributed by atoms with Gasteiger partial charge in [-0.2, -0.15) is 0 Å². The van der Waals surface area contributed by atoms with Gasteiger partial charge in [0, 0.05) is 6.04 Å². The van der Waals surface area contributed by atoms with Gasteiger partial charge in [0.1, 0.15) is 12.7 Å². The van der Waals surface area contributed by atoms with Crippen molar-refractivity contribution in [1.29, 1.82) is 0 Å². The predicted molar refractivity (Wildman–Crippen MR) is 121 cm³/mol. The van der Waals surface area contributed by atoms with Gasteiger partial charge in [0.25, 0.3) is 0 Å². The van der Waals surface area contributed by atoms with E-state index in [0.29, 0.717) is 6.04 Å². The molecule has 1 amide bonds. The van der Waals surface area contributed by atoms with E-state index in [4.69, 9.17) is 4.74 Å². The van der Waals surface area contributed by atoms with Crippen molar-refractivity contribution in [2.75, 3.05) is 6.61 Å². The van der Waals surface area contributed by atoms with Crippen molar-refractivity contribution < 1.29 is 9.53 Å². The van der Waals surface area contributed by atoms with Crippen LogP contribution in [0.3, 0.4) is 0 Å². The molecule has 2 aromatic rings. The standard InChI is InChI=1S/C22H25NO2.2C2H6/c1-16-7-10-18(11-8-16)22-20-14-13-19(23(20)21(24)15-25-22)12-9-17-5-3-2-4-6-17;2*1-2/h2-8,10-11,19-20,22H,9,12-15H2,1H3;2*1-2H3/t19-,20+,22-;;/m1../s1. The number of ether oxygens (including phenoxy) is 1. The van der Waals surface area contributed by atoms with E-state index in [2.05, 4.69) is 60.4 Å². The van der Waals surface area contributed by atoms with Crippen LogP contribution < -0.4 is 0 Å². The number of carbonyl (C=O) groups excluding carboxylic acids is 1. The largest absolute Gasteiger partial charge is 0.362 e. The Bertz CT molecular complexity index is 726. The fourth-order valence-corrected chi connectivity index (χ4v) is 4.28. The molecular formula is C26H37NO2. The Labute approximate surface area is 177 Å². The van der Waals surface area contributed by atoms with Crippen molar-refractivity contribution in [3.05, 3.63) is 71.3 Å². The minimum atomic E-state index is 0.0139. The molecule has 2 aromatic carbocycles. The average molecular weight is 396 g/mol. The number of aryl methyl sites for hydroxylation is 2. The first-order valence-corrected chi connectivity index (χ1v) is 11.3. The summed E-state index contributed by atoms with van der Waals surface area (Å²) in [4.78, 5) is 14.7. The molecule has 4 rings (SSSR count). The maximum Gasteiger partial charge on any atom is 0.249 e. The van der Waals surface area contributed by atoms with Crippen LogP contribution in [0.25, 0.3) is 0 Å². The lowest BCUT2D eigenvalue weighted by Crippen LogP contribution is -2.50. The number of morpholine rings is 1. The van der Waals surface area contributed by atoms with E-state index in [1.807, 2.05) is 33.8 Å². The highest BCUT2D eigenvalue weighted by molar-refractivity contribution is 5.79. The zero-order valence-corrected chi connectivity index (χ0v) is 18.7. The summed E-state index contributed by atoms with van der Waals surface area (Å²) in [6.45, 7) is 10.3.